The van der Waals surface area contributed by atoms with Crippen LogP contribution >= 0.6 is 0 Å². The molecule has 0 unspecified atom stereocenters. The minimum atomic E-state index is -0.246. The Kier molecular flexibility index (Phi) is 8.98. The number of carbonyl (C=O) groups is 1. The molecule has 0 atom stereocenters. The normalized spacial score (nSPS) is 15.0. The topological polar surface area (TPSA) is 42.0 Å². The molecule has 5 nitrogen and oxygen atoms in total. The van der Waals surface area contributed by atoms with Gasteiger partial charge in [0.15, 0.2) is 0 Å². The van der Waals surface area contributed by atoms with Gasteiger partial charge in [0.05, 0.1) is 13.2 Å². The SMILES string of the molecule is Cc1ccc(CN(Cc2ccc(OCC(C)C)cc2)C(=O)OCC2CCN(C)CC2)cc1. The molecule has 0 saturated carbocycles. The lowest BCUT2D eigenvalue weighted by Gasteiger charge is -2.29. The van der Waals surface area contributed by atoms with E-state index in [1.165, 1.54) is 5.56 Å². The minimum absolute atomic E-state index is 0.246. The van der Waals surface area contributed by atoms with E-state index in [9.17, 15) is 4.79 Å². The fourth-order valence-electron chi connectivity index (χ4n) is 3.78. The van der Waals surface area contributed by atoms with Gasteiger partial charge in [-0.3, -0.25) is 4.90 Å². The van der Waals surface area contributed by atoms with Crippen LogP contribution in [0.3, 0.4) is 0 Å². The fraction of sp³-hybridized carbons (Fsp3) is 0.519. The largest absolute Gasteiger partial charge is 0.493 e. The summed E-state index contributed by atoms with van der Waals surface area (Å²) in [5, 5.41) is 0. The number of carbonyl (C=O) groups excluding carboxylic acids is 1. The molecule has 0 N–H and O–H groups in total. The van der Waals surface area contributed by atoms with Gasteiger partial charge in [0.1, 0.15) is 5.75 Å². The van der Waals surface area contributed by atoms with Gasteiger partial charge in [-0.05, 0) is 75.0 Å². The van der Waals surface area contributed by atoms with Crippen LogP contribution in [-0.2, 0) is 17.8 Å². The second-order valence-electron chi connectivity index (χ2n) is 9.51. The van der Waals surface area contributed by atoms with Gasteiger partial charge in [-0.15, -0.1) is 0 Å². The van der Waals surface area contributed by atoms with Crippen LogP contribution in [0, 0.1) is 18.8 Å². The molecule has 2 aromatic carbocycles. The van der Waals surface area contributed by atoms with E-state index in [-0.39, 0.29) is 6.09 Å². The molecule has 1 heterocycles. The van der Waals surface area contributed by atoms with Gasteiger partial charge in [-0.1, -0.05) is 55.8 Å². The lowest BCUT2D eigenvalue weighted by molar-refractivity contribution is 0.0690. The Morgan fingerprint density at radius 2 is 1.56 bits per heavy atom. The number of rotatable bonds is 9. The van der Waals surface area contributed by atoms with Crippen molar-refractivity contribution in [2.75, 3.05) is 33.4 Å². The van der Waals surface area contributed by atoms with Crippen molar-refractivity contribution in [1.29, 1.82) is 0 Å². The number of nitrogens with zero attached hydrogens (tertiary/aromatic N) is 2. The van der Waals surface area contributed by atoms with Crippen LogP contribution in [0.4, 0.5) is 4.79 Å². The van der Waals surface area contributed by atoms with E-state index in [1.807, 2.05) is 24.3 Å². The number of aryl methyl sites for hydroxylation is 1. The van der Waals surface area contributed by atoms with Crippen molar-refractivity contribution in [2.24, 2.45) is 11.8 Å². The van der Waals surface area contributed by atoms with E-state index in [1.54, 1.807) is 4.90 Å². The van der Waals surface area contributed by atoms with Gasteiger partial charge in [0.25, 0.3) is 0 Å². The summed E-state index contributed by atoms with van der Waals surface area (Å²) in [7, 11) is 2.14. The van der Waals surface area contributed by atoms with E-state index >= 15 is 0 Å². The highest BCUT2D eigenvalue weighted by atomic mass is 16.6. The van der Waals surface area contributed by atoms with Crippen molar-refractivity contribution in [2.45, 2.75) is 46.7 Å². The molecule has 0 aromatic heterocycles. The van der Waals surface area contributed by atoms with Crippen LogP contribution in [0.1, 0.15) is 43.4 Å². The van der Waals surface area contributed by atoms with Crippen molar-refractivity contribution < 1.29 is 14.3 Å². The summed E-state index contributed by atoms with van der Waals surface area (Å²) in [5.41, 5.74) is 3.37. The molecule has 32 heavy (non-hydrogen) atoms. The maximum atomic E-state index is 13.0. The Morgan fingerprint density at radius 3 is 2.12 bits per heavy atom. The van der Waals surface area contributed by atoms with E-state index in [0.29, 0.717) is 38.1 Å². The number of hydrogen-bond donors (Lipinski definition) is 0. The zero-order chi connectivity index (χ0) is 22.9. The Hall–Kier alpha value is -2.53. The first kappa shape index (κ1) is 24.1. The first-order chi connectivity index (χ1) is 15.4. The van der Waals surface area contributed by atoms with E-state index in [2.05, 4.69) is 57.0 Å². The monoisotopic (exact) mass is 438 g/mol. The maximum Gasteiger partial charge on any atom is 0.410 e. The average molecular weight is 439 g/mol. The maximum absolute atomic E-state index is 13.0. The Bertz CT molecular complexity index is 825. The Morgan fingerprint density at radius 1 is 1.00 bits per heavy atom. The zero-order valence-corrected chi connectivity index (χ0v) is 20.0. The first-order valence-corrected chi connectivity index (χ1v) is 11.8. The highest BCUT2D eigenvalue weighted by molar-refractivity contribution is 5.67. The molecule has 0 spiro atoms. The van der Waals surface area contributed by atoms with Crippen LogP contribution in [0.5, 0.6) is 5.75 Å². The predicted molar refractivity (Wildman–Crippen MR) is 129 cm³/mol. The van der Waals surface area contributed by atoms with Gasteiger partial charge in [0.2, 0.25) is 0 Å². The molecule has 0 aliphatic carbocycles. The molecule has 1 aliphatic rings. The second kappa shape index (κ2) is 11.9. The molecular weight excluding hydrogens is 400 g/mol. The molecule has 174 valence electrons. The van der Waals surface area contributed by atoms with Crippen LogP contribution in [0.15, 0.2) is 48.5 Å². The molecule has 1 saturated heterocycles. The summed E-state index contributed by atoms with van der Waals surface area (Å²) in [6, 6.07) is 16.3. The third-order valence-corrected chi connectivity index (χ3v) is 5.91. The summed E-state index contributed by atoms with van der Waals surface area (Å²) in [6.45, 7) is 10.7. The number of benzene rings is 2. The summed E-state index contributed by atoms with van der Waals surface area (Å²) < 4.78 is 11.6. The van der Waals surface area contributed by atoms with Gasteiger partial charge in [-0.25, -0.2) is 4.79 Å². The highest BCUT2D eigenvalue weighted by Crippen LogP contribution is 2.19. The summed E-state index contributed by atoms with van der Waals surface area (Å²) >= 11 is 0. The fourth-order valence-corrected chi connectivity index (χ4v) is 3.78. The lowest BCUT2D eigenvalue weighted by atomic mass is 9.98. The lowest BCUT2D eigenvalue weighted by Crippen LogP contribution is -2.35. The third-order valence-electron chi connectivity index (χ3n) is 5.91. The number of likely N-dealkylation sites (tertiary alicyclic amines) is 1. The van der Waals surface area contributed by atoms with Crippen molar-refractivity contribution in [1.82, 2.24) is 9.80 Å². The number of amides is 1. The van der Waals surface area contributed by atoms with Crippen LogP contribution < -0.4 is 4.74 Å². The summed E-state index contributed by atoms with van der Waals surface area (Å²) in [6.07, 6.45) is 1.92. The average Bonchev–Trinajstić information content (AvgIpc) is 2.79. The smallest absolute Gasteiger partial charge is 0.410 e. The van der Waals surface area contributed by atoms with Crippen molar-refractivity contribution in [3.8, 4) is 5.75 Å². The molecule has 1 fully saturated rings. The standard InChI is InChI=1S/C27H38N2O3/c1-21(2)19-31-26-11-9-24(10-12-26)18-29(17-23-7-5-22(3)6-8-23)27(30)32-20-25-13-15-28(4)16-14-25/h5-12,21,25H,13-20H2,1-4H3. The predicted octanol–water partition coefficient (Wildman–Crippen LogP) is 5.51. The zero-order valence-electron chi connectivity index (χ0n) is 20.0. The number of ether oxygens (including phenoxy) is 2. The molecule has 1 aliphatic heterocycles. The van der Waals surface area contributed by atoms with Gasteiger partial charge in [-0.2, -0.15) is 0 Å². The van der Waals surface area contributed by atoms with Gasteiger partial charge >= 0.3 is 6.09 Å². The summed E-state index contributed by atoms with van der Waals surface area (Å²) in [5.74, 6) is 1.80. The van der Waals surface area contributed by atoms with E-state index in [0.717, 1.165) is 42.8 Å². The van der Waals surface area contributed by atoms with Crippen molar-refractivity contribution >= 4 is 6.09 Å². The van der Waals surface area contributed by atoms with Gasteiger partial charge < -0.3 is 14.4 Å². The Balaban J connectivity index is 1.63. The minimum Gasteiger partial charge on any atom is -0.493 e. The Labute approximate surface area is 193 Å². The molecular formula is C27H38N2O3. The van der Waals surface area contributed by atoms with Crippen molar-refractivity contribution in [3.05, 3.63) is 65.2 Å². The second-order valence-corrected chi connectivity index (χ2v) is 9.51. The van der Waals surface area contributed by atoms with Gasteiger partial charge in [0, 0.05) is 13.1 Å². The molecule has 5 heteroatoms. The van der Waals surface area contributed by atoms with Crippen LogP contribution in [0.2, 0.25) is 0 Å². The first-order valence-electron chi connectivity index (χ1n) is 11.8. The number of piperidine rings is 1. The summed E-state index contributed by atoms with van der Waals surface area (Å²) in [4.78, 5) is 17.2. The van der Waals surface area contributed by atoms with Crippen LogP contribution in [-0.4, -0.2) is 49.2 Å². The molecule has 0 bridgehead atoms. The third kappa shape index (κ3) is 7.86. The molecule has 2 aromatic rings. The molecule has 0 radical (unpaired) electrons. The van der Waals surface area contributed by atoms with E-state index in [4.69, 9.17) is 9.47 Å². The highest BCUT2D eigenvalue weighted by Gasteiger charge is 2.21. The van der Waals surface area contributed by atoms with Crippen LogP contribution in [0.25, 0.3) is 0 Å². The van der Waals surface area contributed by atoms with Crippen molar-refractivity contribution in [3.63, 3.8) is 0 Å². The van der Waals surface area contributed by atoms with E-state index < -0.39 is 0 Å². The molecule has 3 rings (SSSR count). The quantitative estimate of drug-likeness (QED) is 0.518. The molecule has 1 amide bonds. The number of hydrogen-bond acceptors (Lipinski definition) is 4.